The van der Waals surface area contributed by atoms with Gasteiger partial charge in [-0.2, -0.15) is 35.2 Å². The molecule has 3 aliphatic rings. The van der Waals surface area contributed by atoms with E-state index in [2.05, 4.69) is 45.4 Å². The van der Waals surface area contributed by atoms with Crippen LogP contribution < -0.4 is 44.4 Å². The highest BCUT2D eigenvalue weighted by atomic mass is 16.5. The molecule has 1 aliphatic carbocycles. The fraction of sp³-hybridized carbons (Fsp3) is 0.281. The Bertz CT molecular complexity index is 4050. The van der Waals surface area contributed by atoms with Crippen molar-refractivity contribution >= 4 is 68.0 Å². The minimum absolute atomic E-state index is 0.0377. The van der Waals surface area contributed by atoms with E-state index in [-0.39, 0.29) is 53.1 Å². The maximum Gasteiger partial charge on any atom is 0.348 e. The van der Waals surface area contributed by atoms with Crippen LogP contribution in [0.4, 0.5) is 23.4 Å². The lowest BCUT2D eigenvalue weighted by Crippen LogP contribution is -2.18. The SMILES string of the molecule is Cc1ccc(C(=O)c2nn(C3CCNC3)c3nc(=O)[nH]c(N)c23)cc1.Cc1cccc(C(=N)c2nn(C3CCCC3)c3nc(=O)[nH]c(N)c23)c1.Nc1nc(N)c2c(Cc3ccccc3Oc3ccccc3)nn(C3CCCO3)c2n1. The van der Waals surface area contributed by atoms with Crippen LogP contribution in [0.1, 0.15) is 113 Å². The van der Waals surface area contributed by atoms with Gasteiger partial charge in [-0.3, -0.25) is 20.2 Å². The number of hydrogen-bond acceptors (Lipinski definition) is 18. The van der Waals surface area contributed by atoms with Gasteiger partial charge in [0.05, 0.1) is 39.6 Å². The number of aryl methyl sites for hydroxylation is 2. The first-order valence-electron chi connectivity index (χ1n) is 26.5. The van der Waals surface area contributed by atoms with Crippen LogP contribution in [0.25, 0.3) is 33.1 Å². The van der Waals surface area contributed by atoms with Crippen molar-refractivity contribution in [2.75, 3.05) is 42.6 Å². The van der Waals surface area contributed by atoms with E-state index in [0.29, 0.717) is 69.7 Å². The molecule has 12 N–H and O–H groups in total. The molecule has 2 unspecified atom stereocenters. The number of para-hydroxylation sites is 2. The molecule has 2 aliphatic heterocycles. The molecular weight excluding hydrogens is 1020 g/mol. The summed E-state index contributed by atoms with van der Waals surface area (Å²) in [5.41, 5.74) is 30.7. The van der Waals surface area contributed by atoms with Crippen LogP contribution in [0.15, 0.2) is 113 Å². The molecule has 8 heterocycles. The average molecular weight is 1080 g/mol. The molecule has 10 aromatic rings. The summed E-state index contributed by atoms with van der Waals surface area (Å²) in [5.74, 6) is 2.06. The molecule has 0 bridgehead atoms. The van der Waals surface area contributed by atoms with Crippen LogP contribution in [0.2, 0.25) is 0 Å². The van der Waals surface area contributed by atoms with Gasteiger partial charge in [0.1, 0.15) is 40.3 Å². The lowest BCUT2D eigenvalue weighted by Gasteiger charge is -2.11. The number of aromatic nitrogens is 12. The Balaban J connectivity index is 0.000000127. The number of H-pyrrole nitrogens is 2. The zero-order valence-electron chi connectivity index (χ0n) is 44.1. The maximum atomic E-state index is 13.0. The maximum absolute atomic E-state index is 13.0. The Morgan fingerprint density at radius 3 is 2.00 bits per heavy atom. The monoisotopic (exact) mass is 1080 g/mol. The van der Waals surface area contributed by atoms with Crippen LogP contribution in [0.5, 0.6) is 11.5 Å². The molecule has 13 rings (SSSR count). The molecule has 2 saturated heterocycles. The van der Waals surface area contributed by atoms with Crippen molar-refractivity contribution in [1.82, 2.24) is 64.6 Å². The van der Waals surface area contributed by atoms with Gasteiger partial charge in [-0.1, -0.05) is 103 Å². The molecular formula is C57H60N18O5. The molecule has 0 spiro atoms. The van der Waals surface area contributed by atoms with E-state index < -0.39 is 11.4 Å². The van der Waals surface area contributed by atoms with Gasteiger partial charge in [-0.15, -0.1) is 0 Å². The number of fused-ring (bicyclic) bond motifs is 3. The van der Waals surface area contributed by atoms with E-state index in [1.165, 1.54) is 0 Å². The fourth-order valence-electron chi connectivity index (χ4n) is 10.6. The number of carbonyl (C=O) groups excluding carboxylic acids is 1. The van der Waals surface area contributed by atoms with Crippen molar-refractivity contribution < 1.29 is 14.3 Å². The first-order valence-corrected chi connectivity index (χ1v) is 26.5. The van der Waals surface area contributed by atoms with Crippen molar-refractivity contribution in [3.05, 3.63) is 169 Å². The van der Waals surface area contributed by atoms with Crippen LogP contribution in [-0.2, 0) is 11.2 Å². The number of hydrogen-bond donors (Lipinski definition) is 8. The summed E-state index contributed by atoms with van der Waals surface area (Å²) in [5, 5.41) is 27.5. The summed E-state index contributed by atoms with van der Waals surface area (Å²) in [6, 6.07) is 32.8. The number of carbonyl (C=O) groups is 1. The van der Waals surface area contributed by atoms with Crippen molar-refractivity contribution in [2.45, 2.75) is 83.5 Å². The molecule has 23 nitrogen and oxygen atoms in total. The minimum Gasteiger partial charge on any atom is -0.457 e. The molecule has 0 amide bonds. The second kappa shape index (κ2) is 22.4. The third kappa shape index (κ3) is 10.7. The molecule has 6 aromatic heterocycles. The number of ether oxygens (including phenoxy) is 2. The van der Waals surface area contributed by atoms with Crippen molar-refractivity contribution in [2.24, 2.45) is 0 Å². The van der Waals surface area contributed by atoms with Gasteiger partial charge < -0.3 is 37.7 Å². The zero-order chi connectivity index (χ0) is 55.6. The number of nitrogens with two attached hydrogens (primary N) is 4. The van der Waals surface area contributed by atoms with E-state index in [1.54, 1.807) is 26.2 Å². The first kappa shape index (κ1) is 52.4. The van der Waals surface area contributed by atoms with Crippen LogP contribution in [0, 0.1) is 19.3 Å². The Labute approximate surface area is 457 Å². The molecule has 408 valence electrons. The van der Waals surface area contributed by atoms with Gasteiger partial charge in [-0.25, -0.2) is 23.6 Å². The number of aromatic amines is 2. The highest BCUT2D eigenvalue weighted by Gasteiger charge is 2.30. The van der Waals surface area contributed by atoms with E-state index >= 15 is 0 Å². The molecule has 2 atom stereocenters. The molecule has 80 heavy (non-hydrogen) atoms. The summed E-state index contributed by atoms with van der Waals surface area (Å²) in [7, 11) is 0. The molecule has 4 aromatic carbocycles. The normalized spacial score (nSPS) is 16.2. The number of nitrogen functional groups attached to an aromatic ring is 4. The highest BCUT2D eigenvalue weighted by Crippen LogP contribution is 2.36. The number of anilines is 4. The average Bonchev–Trinajstić information content (AvgIpc) is 4.38. The van der Waals surface area contributed by atoms with Crippen LogP contribution in [-0.4, -0.2) is 90.4 Å². The minimum atomic E-state index is -0.550. The Hall–Kier alpha value is -9.61. The Kier molecular flexibility index (Phi) is 14.7. The largest absolute Gasteiger partial charge is 0.457 e. The lowest BCUT2D eigenvalue weighted by molar-refractivity contribution is 0.0496. The van der Waals surface area contributed by atoms with Crippen molar-refractivity contribution in [3.8, 4) is 11.5 Å². The summed E-state index contributed by atoms with van der Waals surface area (Å²) in [6.07, 6.45) is 7.31. The van der Waals surface area contributed by atoms with Crippen molar-refractivity contribution in [3.63, 3.8) is 0 Å². The quantitative estimate of drug-likeness (QED) is 0.0477. The summed E-state index contributed by atoms with van der Waals surface area (Å²) in [6.45, 7) is 6.21. The fourth-order valence-corrected chi connectivity index (χ4v) is 10.6. The van der Waals surface area contributed by atoms with E-state index in [4.69, 9.17) is 42.9 Å². The van der Waals surface area contributed by atoms with E-state index in [9.17, 15) is 14.4 Å². The van der Waals surface area contributed by atoms with E-state index in [0.717, 1.165) is 90.9 Å². The van der Waals surface area contributed by atoms with Crippen molar-refractivity contribution in [1.29, 1.82) is 5.41 Å². The summed E-state index contributed by atoms with van der Waals surface area (Å²) < 4.78 is 17.2. The van der Waals surface area contributed by atoms with Gasteiger partial charge in [0.25, 0.3) is 0 Å². The lowest BCUT2D eigenvalue weighted by atomic mass is 10.0. The second-order valence-electron chi connectivity index (χ2n) is 20.1. The Morgan fingerprint density at radius 1 is 0.662 bits per heavy atom. The van der Waals surface area contributed by atoms with Gasteiger partial charge in [0.2, 0.25) is 11.7 Å². The number of nitrogens with one attached hydrogen (secondary N) is 4. The zero-order valence-corrected chi connectivity index (χ0v) is 44.1. The predicted octanol–water partition coefficient (Wildman–Crippen LogP) is 7.00. The van der Waals surface area contributed by atoms with Crippen LogP contribution >= 0.6 is 0 Å². The molecule has 1 saturated carbocycles. The topological polar surface area (TPSA) is 346 Å². The second-order valence-corrected chi connectivity index (χ2v) is 20.1. The Morgan fingerprint density at radius 2 is 1.32 bits per heavy atom. The van der Waals surface area contributed by atoms with Gasteiger partial charge in [0, 0.05) is 36.3 Å². The van der Waals surface area contributed by atoms with Gasteiger partial charge >= 0.3 is 11.4 Å². The highest BCUT2D eigenvalue weighted by molar-refractivity contribution is 6.18. The molecule has 0 radical (unpaired) electrons. The number of benzene rings is 4. The smallest absolute Gasteiger partial charge is 0.348 e. The summed E-state index contributed by atoms with van der Waals surface area (Å²) >= 11 is 0. The van der Waals surface area contributed by atoms with Crippen LogP contribution in [0.3, 0.4) is 0 Å². The van der Waals surface area contributed by atoms with Gasteiger partial charge in [0.15, 0.2) is 23.2 Å². The first-order chi connectivity index (χ1) is 38.8. The third-order valence-corrected chi connectivity index (χ3v) is 14.5. The standard InChI is InChI=1S/C22H22N6O2.C18H20N6O.C17H18N6O2/c23-20-19-16(27-28(18-11-6-12-29-18)21(19)26-22(24)25-20)13-14-7-4-5-10-17(14)30-15-8-2-1-3-9-15;1-10-5-4-6-11(9-10)14(19)15-13-16(20)21-18(25)22-17(13)24(23-15)12-7-2-3-8-12;1-9-2-4-10(5-3-9)14(24)13-12-15(18)20-17(25)21-16(12)23(22-13)11-6-7-19-8-11/h1-5,7-10,18H,6,11-13H2,(H4,23,24,25,26);4-6,9,12,19H,2-3,7-8H2,1H3,(H3,20,21,22,25);2-5,11,19H,6-8H2,1H3,(H3,18,20,21,25). The number of nitrogens with zero attached hydrogens (tertiary/aromatic N) is 10. The van der Waals surface area contributed by atoms with E-state index in [1.807, 2.05) is 105 Å². The summed E-state index contributed by atoms with van der Waals surface area (Å²) in [4.78, 5) is 58.3. The number of ketones is 1. The number of rotatable bonds is 11. The van der Waals surface area contributed by atoms with Gasteiger partial charge in [-0.05, 0) is 76.8 Å². The predicted molar refractivity (Wildman–Crippen MR) is 305 cm³/mol. The third-order valence-electron chi connectivity index (χ3n) is 14.5. The molecule has 23 heteroatoms. The molecule has 3 fully saturated rings.